The van der Waals surface area contributed by atoms with Gasteiger partial charge in [0.1, 0.15) is 6.42 Å². The summed E-state index contributed by atoms with van der Waals surface area (Å²) in [5, 5.41) is 2.80. The van der Waals surface area contributed by atoms with Crippen molar-refractivity contribution in [1.82, 2.24) is 15.1 Å². The molecule has 1 fully saturated rings. The Labute approximate surface area is 150 Å². The van der Waals surface area contributed by atoms with Gasteiger partial charge in [0.05, 0.1) is 0 Å². The maximum atomic E-state index is 12.2. The molecule has 1 aromatic rings. The fourth-order valence-corrected chi connectivity index (χ4v) is 2.80. The van der Waals surface area contributed by atoms with E-state index in [1.165, 1.54) is 5.56 Å². The van der Waals surface area contributed by atoms with Crippen LogP contribution in [0.2, 0.25) is 0 Å². The van der Waals surface area contributed by atoms with Gasteiger partial charge in [0, 0.05) is 39.3 Å². The summed E-state index contributed by atoms with van der Waals surface area (Å²) >= 11 is 0. The third-order valence-corrected chi connectivity index (χ3v) is 4.36. The lowest BCUT2D eigenvalue weighted by Gasteiger charge is -2.34. The van der Waals surface area contributed by atoms with Crippen LogP contribution in [0.25, 0.3) is 6.08 Å². The Kier molecular flexibility index (Phi) is 8.19. The number of hydrogen-bond acceptors (Lipinski definition) is 3. The molecule has 2 amide bonds. The Morgan fingerprint density at radius 2 is 1.84 bits per heavy atom. The van der Waals surface area contributed by atoms with Crippen molar-refractivity contribution in [3.63, 3.8) is 0 Å². The zero-order valence-electron chi connectivity index (χ0n) is 15.1. The Morgan fingerprint density at radius 3 is 2.52 bits per heavy atom. The molecule has 1 aliphatic heterocycles. The second-order valence-corrected chi connectivity index (χ2v) is 6.37. The van der Waals surface area contributed by atoms with Crippen molar-refractivity contribution in [3.8, 4) is 0 Å². The Bertz CT molecular complexity index is 564. The van der Waals surface area contributed by atoms with Gasteiger partial charge in [-0.15, -0.1) is 0 Å². The topological polar surface area (TPSA) is 52.7 Å². The van der Waals surface area contributed by atoms with Gasteiger partial charge in [0.15, 0.2) is 0 Å². The zero-order valence-corrected chi connectivity index (χ0v) is 15.1. The molecule has 25 heavy (non-hydrogen) atoms. The molecule has 0 aliphatic carbocycles. The minimum absolute atomic E-state index is 0.0301. The molecule has 0 bridgehead atoms. The summed E-state index contributed by atoms with van der Waals surface area (Å²) in [4.78, 5) is 28.0. The number of nitrogens with zero attached hydrogens (tertiary/aromatic N) is 2. The number of benzene rings is 1. The Hall–Kier alpha value is -2.14. The number of rotatable bonds is 8. The van der Waals surface area contributed by atoms with Crippen molar-refractivity contribution >= 4 is 17.9 Å². The lowest BCUT2D eigenvalue weighted by Crippen LogP contribution is -2.49. The number of amides is 2. The van der Waals surface area contributed by atoms with E-state index < -0.39 is 0 Å². The van der Waals surface area contributed by atoms with Gasteiger partial charge >= 0.3 is 0 Å². The van der Waals surface area contributed by atoms with Gasteiger partial charge in [0.25, 0.3) is 0 Å². The maximum Gasteiger partial charge on any atom is 0.232 e. The predicted molar refractivity (Wildman–Crippen MR) is 101 cm³/mol. The van der Waals surface area contributed by atoms with E-state index in [9.17, 15) is 9.59 Å². The molecule has 0 saturated carbocycles. The molecule has 1 aromatic carbocycles. The Morgan fingerprint density at radius 1 is 1.12 bits per heavy atom. The molecule has 0 atom stereocenters. The first-order chi connectivity index (χ1) is 12.2. The van der Waals surface area contributed by atoms with Crippen LogP contribution in [0.4, 0.5) is 0 Å². The summed E-state index contributed by atoms with van der Waals surface area (Å²) in [7, 11) is 0. The summed E-state index contributed by atoms with van der Waals surface area (Å²) < 4.78 is 0. The smallest absolute Gasteiger partial charge is 0.232 e. The van der Waals surface area contributed by atoms with Crippen molar-refractivity contribution in [1.29, 1.82) is 0 Å². The minimum Gasteiger partial charge on any atom is -0.356 e. The van der Waals surface area contributed by atoms with Gasteiger partial charge in [-0.1, -0.05) is 55.8 Å². The van der Waals surface area contributed by atoms with Crippen molar-refractivity contribution in [2.75, 3.05) is 39.3 Å². The molecule has 1 N–H and O–H groups in total. The molecule has 5 heteroatoms. The van der Waals surface area contributed by atoms with Gasteiger partial charge in [-0.3, -0.25) is 14.5 Å². The van der Waals surface area contributed by atoms with Crippen LogP contribution in [0.3, 0.4) is 0 Å². The first-order valence-electron chi connectivity index (χ1n) is 9.17. The average molecular weight is 343 g/mol. The van der Waals surface area contributed by atoms with Crippen LogP contribution >= 0.6 is 0 Å². The SMILES string of the molecule is CCCCNC(=O)CC(=O)N1CCN(C/C=C/c2ccccc2)CC1. The summed E-state index contributed by atoms with van der Waals surface area (Å²) in [6, 6.07) is 10.2. The van der Waals surface area contributed by atoms with E-state index >= 15 is 0 Å². The molecule has 1 saturated heterocycles. The molecule has 0 aromatic heterocycles. The second kappa shape index (κ2) is 10.7. The second-order valence-electron chi connectivity index (χ2n) is 6.37. The van der Waals surface area contributed by atoms with Crippen LogP contribution in [-0.2, 0) is 9.59 Å². The van der Waals surface area contributed by atoms with Crippen LogP contribution in [0.15, 0.2) is 36.4 Å². The molecule has 1 aliphatic rings. The molecule has 136 valence electrons. The van der Waals surface area contributed by atoms with Gasteiger partial charge in [0.2, 0.25) is 11.8 Å². The van der Waals surface area contributed by atoms with Crippen molar-refractivity contribution in [2.24, 2.45) is 0 Å². The normalized spacial score (nSPS) is 15.5. The number of nitrogens with one attached hydrogen (secondary N) is 1. The van der Waals surface area contributed by atoms with E-state index in [0.29, 0.717) is 19.6 Å². The zero-order chi connectivity index (χ0) is 17.9. The fourth-order valence-electron chi connectivity index (χ4n) is 2.80. The highest BCUT2D eigenvalue weighted by Crippen LogP contribution is 2.06. The monoisotopic (exact) mass is 343 g/mol. The van der Waals surface area contributed by atoms with E-state index in [1.54, 1.807) is 4.90 Å². The average Bonchev–Trinajstić information content (AvgIpc) is 2.63. The van der Waals surface area contributed by atoms with Crippen LogP contribution in [-0.4, -0.2) is 60.9 Å². The van der Waals surface area contributed by atoms with Crippen LogP contribution in [0.5, 0.6) is 0 Å². The highest BCUT2D eigenvalue weighted by Gasteiger charge is 2.21. The van der Waals surface area contributed by atoms with E-state index in [4.69, 9.17) is 0 Å². The minimum atomic E-state index is -0.160. The number of carbonyl (C=O) groups is 2. The quantitative estimate of drug-likeness (QED) is 0.581. The molecular weight excluding hydrogens is 314 g/mol. The maximum absolute atomic E-state index is 12.2. The first-order valence-corrected chi connectivity index (χ1v) is 9.17. The van der Waals surface area contributed by atoms with E-state index in [-0.39, 0.29) is 18.2 Å². The van der Waals surface area contributed by atoms with Crippen LogP contribution in [0, 0.1) is 0 Å². The summed E-state index contributed by atoms with van der Waals surface area (Å²) in [6.45, 7) is 6.70. The largest absolute Gasteiger partial charge is 0.356 e. The molecule has 0 unspecified atom stereocenters. The summed E-state index contributed by atoms with van der Waals surface area (Å²) in [5.74, 6) is -0.222. The third-order valence-electron chi connectivity index (χ3n) is 4.36. The lowest BCUT2D eigenvalue weighted by atomic mass is 10.2. The highest BCUT2D eigenvalue weighted by atomic mass is 16.2. The predicted octanol–water partition coefficient (Wildman–Crippen LogP) is 2.15. The van der Waals surface area contributed by atoms with Crippen molar-refractivity contribution in [3.05, 3.63) is 42.0 Å². The lowest BCUT2D eigenvalue weighted by molar-refractivity contribution is -0.137. The molecule has 1 heterocycles. The number of unbranched alkanes of at least 4 members (excludes halogenated alkanes) is 1. The van der Waals surface area contributed by atoms with Crippen LogP contribution < -0.4 is 5.32 Å². The molecule has 5 nitrogen and oxygen atoms in total. The highest BCUT2D eigenvalue weighted by molar-refractivity contribution is 5.96. The fraction of sp³-hybridized carbons (Fsp3) is 0.500. The van der Waals surface area contributed by atoms with Crippen molar-refractivity contribution in [2.45, 2.75) is 26.2 Å². The van der Waals surface area contributed by atoms with Gasteiger partial charge in [-0.2, -0.15) is 0 Å². The molecular formula is C20H29N3O2. The van der Waals surface area contributed by atoms with Crippen molar-refractivity contribution < 1.29 is 9.59 Å². The standard InChI is InChI=1S/C20H29N3O2/c1-2-3-11-21-19(24)17-20(25)23-15-13-22(14-16-23)12-7-10-18-8-5-4-6-9-18/h4-10H,2-3,11-17H2,1H3,(H,21,24)/b10-7+. The van der Waals surface area contributed by atoms with Gasteiger partial charge < -0.3 is 10.2 Å². The van der Waals surface area contributed by atoms with E-state index in [2.05, 4.69) is 41.4 Å². The van der Waals surface area contributed by atoms with E-state index in [0.717, 1.165) is 32.5 Å². The number of carbonyl (C=O) groups excluding carboxylic acids is 2. The molecule has 0 radical (unpaired) electrons. The first kappa shape index (κ1) is 19.2. The summed E-state index contributed by atoms with van der Waals surface area (Å²) in [5.41, 5.74) is 1.20. The third kappa shape index (κ3) is 7.10. The number of hydrogen-bond donors (Lipinski definition) is 1. The van der Waals surface area contributed by atoms with Crippen LogP contribution in [0.1, 0.15) is 31.7 Å². The van der Waals surface area contributed by atoms with Gasteiger partial charge in [-0.25, -0.2) is 0 Å². The Balaban J connectivity index is 1.66. The molecule has 0 spiro atoms. The van der Waals surface area contributed by atoms with E-state index in [1.807, 2.05) is 18.2 Å². The molecule has 2 rings (SSSR count). The summed E-state index contributed by atoms with van der Waals surface area (Å²) in [6.07, 6.45) is 6.24. The van der Waals surface area contributed by atoms with Gasteiger partial charge in [-0.05, 0) is 12.0 Å². The number of piperazine rings is 1.